The van der Waals surface area contributed by atoms with Gasteiger partial charge in [-0.15, -0.1) is 0 Å². The second-order valence-corrected chi connectivity index (χ2v) is 8.56. The Labute approximate surface area is 127 Å². The first kappa shape index (κ1) is 16.4. The van der Waals surface area contributed by atoms with Gasteiger partial charge in [-0.3, -0.25) is 16.3 Å². The van der Waals surface area contributed by atoms with Gasteiger partial charge in [0.05, 0.1) is 17.0 Å². The molecule has 1 heterocycles. The monoisotopic (exact) mass is 311 g/mol. The van der Waals surface area contributed by atoms with Crippen molar-refractivity contribution >= 4 is 9.84 Å². The maximum Gasteiger partial charge on any atom is 0.150 e. The standard InChI is InChI=1S/C15H25N3O2S/c1-10-7-11(2)14(17-9-10)15(18-16)12-5-4-6-13(8-12)21(3,19)20/h7,9,12-13,15,18H,4-6,8,16H2,1-3H3. The van der Waals surface area contributed by atoms with Gasteiger partial charge in [0.1, 0.15) is 9.84 Å². The largest absolute Gasteiger partial charge is 0.271 e. The number of hydrogen-bond donors (Lipinski definition) is 2. The van der Waals surface area contributed by atoms with Crippen molar-refractivity contribution in [3.8, 4) is 0 Å². The maximum atomic E-state index is 11.8. The van der Waals surface area contributed by atoms with Gasteiger partial charge in [0.25, 0.3) is 0 Å². The third-order valence-corrected chi connectivity index (χ3v) is 6.11. The molecule has 21 heavy (non-hydrogen) atoms. The van der Waals surface area contributed by atoms with Gasteiger partial charge >= 0.3 is 0 Å². The van der Waals surface area contributed by atoms with Crippen molar-refractivity contribution in [2.45, 2.75) is 50.8 Å². The van der Waals surface area contributed by atoms with Crippen LogP contribution >= 0.6 is 0 Å². The number of nitrogens with zero attached hydrogens (tertiary/aromatic N) is 1. The minimum atomic E-state index is -2.99. The van der Waals surface area contributed by atoms with Crippen LogP contribution in [0.2, 0.25) is 0 Å². The zero-order valence-corrected chi connectivity index (χ0v) is 13.8. The van der Waals surface area contributed by atoms with Crippen LogP contribution in [0.3, 0.4) is 0 Å². The fraction of sp³-hybridized carbons (Fsp3) is 0.667. The summed E-state index contributed by atoms with van der Waals surface area (Å²) in [5.74, 6) is 5.96. The van der Waals surface area contributed by atoms with Gasteiger partial charge in [-0.1, -0.05) is 12.5 Å². The molecule has 0 bridgehead atoms. The topological polar surface area (TPSA) is 85.1 Å². The van der Waals surface area contributed by atoms with Gasteiger partial charge in [-0.25, -0.2) is 8.42 Å². The van der Waals surface area contributed by atoms with Crippen LogP contribution in [0, 0.1) is 19.8 Å². The highest BCUT2D eigenvalue weighted by Crippen LogP contribution is 2.36. The van der Waals surface area contributed by atoms with Crippen LogP contribution in [0.4, 0.5) is 0 Å². The number of rotatable bonds is 4. The smallest absolute Gasteiger partial charge is 0.150 e. The van der Waals surface area contributed by atoms with Gasteiger partial charge in [-0.2, -0.15) is 0 Å². The number of aryl methyl sites for hydroxylation is 2. The summed E-state index contributed by atoms with van der Waals surface area (Å²) in [4.78, 5) is 4.52. The van der Waals surface area contributed by atoms with E-state index in [4.69, 9.17) is 5.84 Å². The molecule has 0 aromatic carbocycles. The van der Waals surface area contributed by atoms with Crippen molar-refractivity contribution in [1.29, 1.82) is 0 Å². The summed E-state index contributed by atoms with van der Waals surface area (Å²) in [6.45, 7) is 4.03. The molecule has 3 unspecified atom stereocenters. The average Bonchev–Trinajstić information content (AvgIpc) is 2.41. The number of aromatic nitrogens is 1. The molecule has 0 aliphatic heterocycles. The number of hydrogen-bond acceptors (Lipinski definition) is 5. The van der Waals surface area contributed by atoms with E-state index in [2.05, 4.69) is 16.5 Å². The Morgan fingerprint density at radius 2 is 2.10 bits per heavy atom. The highest BCUT2D eigenvalue weighted by atomic mass is 32.2. The summed E-state index contributed by atoms with van der Waals surface area (Å²) in [6, 6.07) is 2.00. The van der Waals surface area contributed by atoms with Gasteiger partial charge < -0.3 is 0 Å². The lowest BCUT2D eigenvalue weighted by atomic mass is 9.81. The van der Waals surface area contributed by atoms with Crippen molar-refractivity contribution in [1.82, 2.24) is 10.4 Å². The molecule has 1 aromatic heterocycles. The summed E-state index contributed by atoms with van der Waals surface area (Å²) in [6.07, 6.45) is 6.49. The zero-order chi connectivity index (χ0) is 15.6. The lowest BCUT2D eigenvalue weighted by Gasteiger charge is -2.33. The van der Waals surface area contributed by atoms with Gasteiger partial charge in [0, 0.05) is 12.5 Å². The first-order valence-electron chi connectivity index (χ1n) is 7.41. The Hall–Kier alpha value is -0.980. The SMILES string of the molecule is Cc1cnc(C(NN)C2CCCC(S(C)(=O)=O)C2)c(C)c1. The quantitative estimate of drug-likeness (QED) is 0.654. The first-order chi connectivity index (χ1) is 9.82. The lowest BCUT2D eigenvalue weighted by molar-refractivity contribution is 0.270. The Kier molecular flexibility index (Phi) is 5.01. The predicted molar refractivity (Wildman–Crippen MR) is 84.4 cm³/mol. The summed E-state index contributed by atoms with van der Waals surface area (Å²) >= 11 is 0. The molecule has 1 saturated carbocycles. The second kappa shape index (κ2) is 6.42. The average molecular weight is 311 g/mol. The number of nitrogens with two attached hydrogens (primary N) is 1. The maximum absolute atomic E-state index is 11.8. The summed E-state index contributed by atoms with van der Waals surface area (Å²) in [5, 5.41) is -0.252. The summed E-state index contributed by atoms with van der Waals surface area (Å²) < 4.78 is 23.6. The number of pyridine rings is 1. The molecule has 1 aliphatic rings. The number of sulfone groups is 1. The molecule has 0 radical (unpaired) electrons. The molecule has 2 rings (SSSR count). The van der Waals surface area contributed by atoms with Crippen molar-refractivity contribution in [3.05, 3.63) is 29.1 Å². The Bertz CT molecular complexity index is 601. The number of nitrogens with one attached hydrogen (secondary N) is 1. The molecule has 0 saturated heterocycles. The van der Waals surface area contributed by atoms with E-state index < -0.39 is 9.84 Å². The minimum absolute atomic E-state index is 0.0878. The van der Waals surface area contributed by atoms with Crippen molar-refractivity contribution < 1.29 is 8.42 Å². The molecule has 3 atom stereocenters. The van der Waals surface area contributed by atoms with E-state index in [1.807, 2.05) is 20.0 Å². The third kappa shape index (κ3) is 3.81. The van der Waals surface area contributed by atoms with E-state index in [-0.39, 0.29) is 17.2 Å². The molecular formula is C15H25N3O2S. The van der Waals surface area contributed by atoms with E-state index in [0.29, 0.717) is 6.42 Å². The molecule has 3 N–H and O–H groups in total. The van der Waals surface area contributed by atoms with E-state index in [0.717, 1.165) is 36.1 Å². The van der Waals surface area contributed by atoms with Crippen molar-refractivity contribution in [3.63, 3.8) is 0 Å². The normalized spacial score (nSPS) is 24.8. The van der Waals surface area contributed by atoms with Crippen LogP contribution in [-0.4, -0.2) is 24.9 Å². The Morgan fingerprint density at radius 3 is 2.67 bits per heavy atom. The molecule has 1 aliphatic carbocycles. The molecule has 1 fully saturated rings. The first-order valence-corrected chi connectivity index (χ1v) is 9.36. The van der Waals surface area contributed by atoms with Crippen LogP contribution < -0.4 is 11.3 Å². The van der Waals surface area contributed by atoms with Crippen LogP contribution in [0.1, 0.15) is 48.5 Å². The third-order valence-electron chi connectivity index (χ3n) is 4.47. The molecular weight excluding hydrogens is 286 g/mol. The van der Waals surface area contributed by atoms with E-state index in [9.17, 15) is 8.42 Å². The molecule has 0 amide bonds. The highest BCUT2D eigenvalue weighted by Gasteiger charge is 2.34. The zero-order valence-electron chi connectivity index (χ0n) is 13.0. The molecule has 1 aromatic rings. The summed E-state index contributed by atoms with van der Waals surface area (Å²) in [5.41, 5.74) is 6.01. The number of hydrazine groups is 1. The van der Waals surface area contributed by atoms with E-state index in [1.54, 1.807) is 0 Å². The Morgan fingerprint density at radius 1 is 1.38 bits per heavy atom. The van der Waals surface area contributed by atoms with Gasteiger partial charge in [-0.05, 0) is 50.2 Å². The molecule has 118 valence electrons. The Balaban J connectivity index is 2.24. The fourth-order valence-electron chi connectivity index (χ4n) is 3.36. The van der Waals surface area contributed by atoms with Crippen LogP contribution in [0.5, 0.6) is 0 Å². The van der Waals surface area contributed by atoms with E-state index in [1.165, 1.54) is 6.26 Å². The summed E-state index contributed by atoms with van der Waals surface area (Å²) in [7, 11) is -2.99. The van der Waals surface area contributed by atoms with Crippen molar-refractivity contribution in [2.24, 2.45) is 11.8 Å². The fourth-order valence-corrected chi connectivity index (χ4v) is 4.55. The molecule has 0 spiro atoms. The molecule has 5 nitrogen and oxygen atoms in total. The highest BCUT2D eigenvalue weighted by molar-refractivity contribution is 7.91. The van der Waals surface area contributed by atoms with Crippen molar-refractivity contribution in [2.75, 3.05) is 6.26 Å². The van der Waals surface area contributed by atoms with Crippen LogP contribution in [0.15, 0.2) is 12.3 Å². The van der Waals surface area contributed by atoms with Gasteiger partial charge in [0.15, 0.2) is 0 Å². The lowest BCUT2D eigenvalue weighted by Crippen LogP contribution is -2.39. The van der Waals surface area contributed by atoms with Gasteiger partial charge in [0.2, 0.25) is 0 Å². The molecule has 6 heteroatoms. The van der Waals surface area contributed by atoms with Crippen LogP contribution in [0.25, 0.3) is 0 Å². The minimum Gasteiger partial charge on any atom is -0.271 e. The van der Waals surface area contributed by atoms with E-state index >= 15 is 0 Å². The predicted octanol–water partition coefficient (Wildman–Crippen LogP) is 1.81. The van der Waals surface area contributed by atoms with Crippen LogP contribution in [-0.2, 0) is 9.84 Å². The second-order valence-electron chi connectivity index (χ2n) is 6.24.